The highest BCUT2D eigenvalue weighted by Gasteiger charge is 2.39. The summed E-state index contributed by atoms with van der Waals surface area (Å²) in [5, 5.41) is 4.17. The van der Waals surface area contributed by atoms with E-state index in [1.54, 1.807) is 29.0 Å². The number of halogens is 4. The number of ether oxygens (including phenoxy) is 1. The summed E-state index contributed by atoms with van der Waals surface area (Å²) >= 11 is 3.39. The Balaban J connectivity index is 1.41. The van der Waals surface area contributed by atoms with E-state index >= 15 is 0 Å². The number of nitrogens with zero attached hydrogens (tertiary/aromatic N) is 5. The molecule has 4 heterocycles. The molecule has 12 heteroatoms. The van der Waals surface area contributed by atoms with Crippen molar-refractivity contribution in [2.45, 2.75) is 6.18 Å². The number of alkyl halides is 3. The van der Waals surface area contributed by atoms with Gasteiger partial charge in [0.25, 0.3) is 5.91 Å². The Morgan fingerprint density at radius 1 is 1.00 bits per heavy atom. The zero-order valence-corrected chi connectivity index (χ0v) is 18.6. The highest BCUT2D eigenvalue weighted by molar-refractivity contribution is 9.10. The topological polar surface area (TPSA) is 80.0 Å². The molecule has 0 aliphatic carbocycles. The molecule has 0 N–H and O–H groups in total. The SMILES string of the molecule is O=C1CN(c2cncc(C(F)(F)F)c2)C(=O)N1c1ccc(Oc2ccnn3cccc23)c(Br)c1. The number of rotatable bonds is 4. The summed E-state index contributed by atoms with van der Waals surface area (Å²) in [5.41, 5.74) is -0.155. The molecule has 0 radical (unpaired) electrons. The lowest BCUT2D eigenvalue weighted by atomic mass is 10.2. The summed E-state index contributed by atoms with van der Waals surface area (Å²) in [7, 11) is 0. The number of anilines is 2. The van der Waals surface area contributed by atoms with Crippen LogP contribution in [0.25, 0.3) is 5.52 Å². The van der Waals surface area contributed by atoms with Gasteiger partial charge in [-0.15, -0.1) is 0 Å². The van der Waals surface area contributed by atoms with E-state index in [0.717, 1.165) is 27.6 Å². The first-order chi connectivity index (χ1) is 16.2. The van der Waals surface area contributed by atoms with Crippen LogP contribution in [0.3, 0.4) is 0 Å². The number of amides is 3. The average Bonchev–Trinajstić information content (AvgIpc) is 3.39. The molecule has 1 fully saturated rings. The normalized spacial score (nSPS) is 14.4. The Labute approximate surface area is 198 Å². The third kappa shape index (κ3) is 3.85. The fourth-order valence-corrected chi connectivity index (χ4v) is 3.98. The highest BCUT2D eigenvalue weighted by atomic mass is 79.9. The van der Waals surface area contributed by atoms with Crippen molar-refractivity contribution in [3.8, 4) is 11.5 Å². The largest absolute Gasteiger partial charge is 0.454 e. The molecular formula is C22H13BrF3N5O3. The van der Waals surface area contributed by atoms with E-state index < -0.39 is 30.2 Å². The summed E-state index contributed by atoms with van der Waals surface area (Å²) in [4.78, 5) is 31.0. The zero-order valence-electron chi connectivity index (χ0n) is 17.0. The van der Waals surface area contributed by atoms with Crippen LogP contribution in [0.1, 0.15) is 5.56 Å². The molecule has 3 amide bonds. The van der Waals surface area contributed by atoms with E-state index in [1.165, 1.54) is 12.1 Å². The van der Waals surface area contributed by atoms with Crippen LogP contribution in [-0.4, -0.2) is 33.1 Å². The Morgan fingerprint density at radius 3 is 2.59 bits per heavy atom. The summed E-state index contributed by atoms with van der Waals surface area (Å²) in [6.07, 6.45) is 0.495. The minimum Gasteiger partial charge on any atom is -0.454 e. The highest BCUT2D eigenvalue weighted by Crippen LogP contribution is 2.37. The summed E-state index contributed by atoms with van der Waals surface area (Å²) in [5.74, 6) is 0.382. The number of carbonyl (C=O) groups excluding carboxylic acids is 2. The monoisotopic (exact) mass is 531 g/mol. The second kappa shape index (κ2) is 8.13. The predicted molar refractivity (Wildman–Crippen MR) is 119 cm³/mol. The van der Waals surface area contributed by atoms with Crippen molar-refractivity contribution in [3.05, 3.63) is 77.3 Å². The molecule has 1 aliphatic heterocycles. The fraction of sp³-hybridized carbons (Fsp3) is 0.0909. The molecule has 0 spiro atoms. The van der Waals surface area contributed by atoms with Gasteiger partial charge in [0.2, 0.25) is 0 Å². The predicted octanol–water partition coefficient (Wildman–Crippen LogP) is 5.28. The van der Waals surface area contributed by atoms with Crippen molar-refractivity contribution in [1.82, 2.24) is 14.6 Å². The summed E-state index contributed by atoms with van der Waals surface area (Å²) in [6.45, 7) is -0.416. The van der Waals surface area contributed by atoms with Gasteiger partial charge in [-0.1, -0.05) is 0 Å². The molecule has 34 heavy (non-hydrogen) atoms. The Morgan fingerprint density at radius 2 is 1.82 bits per heavy atom. The molecule has 4 aromatic rings. The lowest BCUT2D eigenvalue weighted by Crippen LogP contribution is -2.33. The molecule has 5 rings (SSSR count). The van der Waals surface area contributed by atoms with Gasteiger partial charge in [0.1, 0.15) is 17.8 Å². The van der Waals surface area contributed by atoms with Gasteiger partial charge in [-0.2, -0.15) is 18.3 Å². The molecule has 0 bridgehead atoms. The Kier molecular flexibility index (Phi) is 5.24. The molecule has 0 atom stereocenters. The smallest absolute Gasteiger partial charge is 0.417 e. The number of hydrogen-bond donors (Lipinski definition) is 0. The van der Waals surface area contributed by atoms with Crippen molar-refractivity contribution >= 4 is 44.8 Å². The standard InChI is InChI=1S/C22H13BrF3N5O3/c23-16-9-14(3-4-18(16)34-19-5-6-28-30-7-1-2-17(19)30)31-20(32)12-29(21(31)33)15-8-13(10-27-11-15)22(24,25)26/h1-11H,12H2. The van der Waals surface area contributed by atoms with Gasteiger partial charge in [0, 0.05) is 18.5 Å². The van der Waals surface area contributed by atoms with Crippen molar-refractivity contribution in [2.75, 3.05) is 16.3 Å². The van der Waals surface area contributed by atoms with E-state index in [9.17, 15) is 22.8 Å². The maximum absolute atomic E-state index is 13.0. The van der Waals surface area contributed by atoms with Crippen LogP contribution in [0.15, 0.2) is 71.7 Å². The van der Waals surface area contributed by atoms with E-state index in [0.29, 0.717) is 22.2 Å². The second-order valence-corrected chi connectivity index (χ2v) is 8.13. The molecule has 172 valence electrons. The Bertz CT molecular complexity index is 1440. The summed E-state index contributed by atoms with van der Waals surface area (Å²) < 4.78 is 47.2. The number of benzene rings is 1. The van der Waals surface area contributed by atoms with Gasteiger partial charge in [-0.05, 0) is 52.3 Å². The molecule has 0 unspecified atom stereocenters. The number of urea groups is 1. The van der Waals surface area contributed by atoms with Crippen LogP contribution in [0, 0.1) is 0 Å². The minimum atomic E-state index is -4.63. The van der Waals surface area contributed by atoms with Crippen LogP contribution in [0.2, 0.25) is 0 Å². The molecular weight excluding hydrogens is 519 g/mol. The summed E-state index contributed by atoms with van der Waals surface area (Å²) in [6, 6.07) is 9.98. The van der Waals surface area contributed by atoms with E-state index in [-0.39, 0.29) is 11.4 Å². The van der Waals surface area contributed by atoms with E-state index in [4.69, 9.17) is 4.74 Å². The van der Waals surface area contributed by atoms with Gasteiger partial charge in [-0.3, -0.25) is 14.7 Å². The third-order valence-electron chi connectivity index (χ3n) is 5.12. The van der Waals surface area contributed by atoms with Crippen LogP contribution in [-0.2, 0) is 11.0 Å². The number of fused-ring (bicyclic) bond motifs is 1. The van der Waals surface area contributed by atoms with Crippen LogP contribution in [0.4, 0.5) is 29.3 Å². The number of imide groups is 1. The van der Waals surface area contributed by atoms with Gasteiger partial charge in [-0.25, -0.2) is 14.2 Å². The maximum atomic E-state index is 13.0. The second-order valence-electron chi connectivity index (χ2n) is 7.28. The first kappa shape index (κ1) is 21.9. The molecule has 8 nitrogen and oxygen atoms in total. The maximum Gasteiger partial charge on any atom is 0.417 e. The van der Waals surface area contributed by atoms with Crippen LogP contribution >= 0.6 is 15.9 Å². The number of hydrogen-bond acceptors (Lipinski definition) is 5. The molecule has 1 aliphatic rings. The van der Waals surface area contributed by atoms with Gasteiger partial charge in [0.15, 0.2) is 5.75 Å². The van der Waals surface area contributed by atoms with Gasteiger partial charge >= 0.3 is 12.2 Å². The molecule has 3 aromatic heterocycles. The first-order valence-electron chi connectivity index (χ1n) is 9.79. The Hall–Kier alpha value is -3.93. The molecule has 1 saturated heterocycles. The van der Waals surface area contributed by atoms with E-state index in [1.807, 2.05) is 12.1 Å². The van der Waals surface area contributed by atoms with Crippen molar-refractivity contribution in [1.29, 1.82) is 0 Å². The van der Waals surface area contributed by atoms with Crippen molar-refractivity contribution < 1.29 is 27.5 Å². The average molecular weight is 532 g/mol. The first-order valence-corrected chi connectivity index (χ1v) is 10.6. The number of aromatic nitrogens is 3. The fourth-order valence-electron chi connectivity index (χ4n) is 3.53. The lowest BCUT2D eigenvalue weighted by molar-refractivity contribution is -0.137. The van der Waals surface area contributed by atoms with Crippen LogP contribution < -0.4 is 14.5 Å². The van der Waals surface area contributed by atoms with Gasteiger partial charge in [0.05, 0.1) is 33.8 Å². The van der Waals surface area contributed by atoms with Crippen molar-refractivity contribution in [2.24, 2.45) is 0 Å². The lowest BCUT2D eigenvalue weighted by Gasteiger charge is -2.18. The minimum absolute atomic E-state index is 0.122. The molecule has 0 saturated carbocycles. The quantitative estimate of drug-likeness (QED) is 0.335. The van der Waals surface area contributed by atoms with E-state index in [2.05, 4.69) is 26.0 Å². The van der Waals surface area contributed by atoms with Crippen molar-refractivity contribution in [3.63, 3.8) is 0 Å². The third-order valence-corrected chi connectivity index (χ3v) is 5.74. The van der Waals surface area contributed by atoms with Crippen LogP contribution in [0.5, 0.6) is 11.5 Å². The zero-order chi connectivity index (χ0) is 24.0. The molecule has 1 aromatic carbocycles. The van der Waals surface area contributed by atoms with Gasteiger partial charge < -0.3 is 4.74 Å². The number of carbonyl (C=O) groups is 2. The number of pyridine rings is 1.